The van der Waals surface area contributed by atoms with Gasteiger partial charge in [-0.05, 0) is 0 Å². The maximum absolute atomic E-state index is 5.62. The van der Waals surface area contributed by atoms with Crippen LogP contribution in [0.1, 0.15) is 12.8 Å². The van der Waals surface area contributed by atoms with Crippen molar-refractivity contribution in [3.63, 3.8) is 0 Å². The summed E-state index contributed by atoms with van der Waals surface area (Å²) in [6.45, 7) is 1.36. The van der Waals surface area contributed by atoms with Gasteiger partial charge in [-0.25, -0.2) is 9.78 Å². The van der Waals surface area contributed by atoms with Crippen molar-refractivity contribution in [1.82, 2.24) is 0 Å². The standard InChI is InChI=1S/C9H12O4/c1-2-8-6-9(10-3-4-11-9)5-7(1)12-13-8/h1-2,7-8H,3-6H2/t7-,8+. The lowest BCUT2D eigenvalue weighted by atomic mass is 10.1. The molecule has 4 rings (SSSR count). The van der Waals surface area contributed by atoms with Crippen LogP contribution in [0.25, 0.3) is 0 Å². The first kappa shape index (κ1) is 7.94. The second-order valence-electron chi connectivity index (χ2n) is 3.67. The van der Waals surface area contributed by atoms with Gasteiger partial charge in [-0.2, -0.15) is 0 Å². The molecule has 2 fully saturated rings. The molecule has 0 N–H and O–H groups in total. The van der Waals surface area contributed by atoms with Gasteiger partial charge in [0.05, 0.1) is 13.2 Å². The van der Waals surface area contributed by atoms with E-state index in [9.17, 15) is 0 Å². The van der Waals surface area contributed by atoms with Crippen LogP contribution in [-0.2, 0) is 19.2 Å². The van der Waals surface area contributed by atoms with E-state index in [2.05, 4.69) is 0 Å². The van der Waals surface area contributed by atoms with Crippen molar-refractivity contribution in [2.24, 2.45) is 0 Å². The first-order chi connectivity index (χ1) is 6.36. The topological polar surface area (TPSA) is 36.9 Å². The molecule has 0 saturated carbocycles. The lowest BCUT2D eigenvalue weighted by Gasteiger charge is -2.25. The number of ether oxygens (including phenoxy) is 2. The van der Waals surface area contributed by atoms with Crippen molar-refractivity contribution in [3.05, 3.63) is 12.2 Å². The van der Waals surface area contributed by atoms with Crippen LogP contribution in [0.15, 0.2) is 12.2 Å². The van der Waals surface area contributed by atoms with Gasteiger partial charge in [-0.1, -0.05) is 12.2 Å². The fraction of sp³-hybridized carbons (Fsp3) is 0.778. The van der Waals surface area contributed by atoms with Gasteiger partial charge in [0.2, 0.25) is 0 Å². The van der Waals surface area contributed by atoms with Crippen LogP contribution < -0.4 is 0 Å². The number of fused-ring (bicyclic) bond motifs is 1. The van der Waals surface area contributed by atoms with E-state index in [1.165, 1.54) is 0 Å². The Balaban J connectivity index is 1.86. The smallest absolute Gasteiger partial charge is 0.174 e. The zero-order valence-electron chi connectivity index (χ0n) is 7.27. The lowest BCUT2D eigenvalue weighted by Crippen LogP contribution is -2.33. The highest BCUT2D eigenvalue weighted by Crippen LogP contribution is 2.37. The van der Waals surface area contributed by atoms with Crippen LogP contribution in [0.5, 0.6) is 0 Å². The molecule has 1 aliphatic carbocycles. The maximum atomic E-state index is 5.62. The van der Waals surface area contributed by atoms with Gasteiger partial charge in [0.15, 0.2) is 5.79 Å². The minimum absolute atomic E-state index is 0.0168. The summed E-state index contributed by atoms with van der Waals surface area (Å²) < 4.78 is 11.2. The molecule has 1 spiro atoms. The van der Waals surface area contributed by atoms with E-state index < -0.39 is 5.79 Å². The molecule has 13 heavy (non-hydrogen) atoms. The Morgan fingerprint density at radius 1 is 0.923 bits per heavy atom. The molecule has 4 heteroatoms. The van der Waals surface area contributed by atoms with Crippen molar-refractivity contribution in [2.75, 3.05) is 13.2 Å². The Labute approximate surface area is 76.3 Å². The summed E-state index contributed by atoms with van der Waals surface area (Å²) >= 11 is 0. The normalized spacial score (nSPS) is 41.2. The molecule has 0 aromatic heterocycles. The van der Waals surface area contributed by atoms with Gasteiger partial charge in [0.1, 0.15) is 12.2 Å². The van der Waals surface area contributed by atoms with Gasteiger partial charge < -0.3 is 9.47 Å². The van der Waals surface area contributed by atoms with Gasteiger partial charge in [-0.15, -0.1) is 0 Å². The van der Waals surface area contributed by atoms with E-state index in [0.717, 1.165) is 12.8 Å². The second kappa shape index (κ2) is 2.78. The van der Waals surface area contributed by atoms with Crippen LogP contribution >= 0.6 is 0 Å². The Bertz CT molecular complexity index is 214. The van der Waals surface area contributed by atoms with Crippen LogP contribution in [-0.4, -0.2) is 31.2 Å². The van der Waals surface area contributed by atoms with Crippen molar-refractivity contribution in [2.45, 2.75) is 30.8 Å². The molecule has 2 bridgehead atoms. The molecule has 0 unspecified atom stereocenters. The molecule has 0 amide bonds. The zero-order valence-corrected chi connectivity index (χ0v) is 7.27. The predicted molar refractivity (Wildman–Crippen MR) is 42.8 cm³/mol. The summed E-state index contributed by atoms with van der Waals surface area (Å²) in [5.74, 6) is -0.449. The molecule has 2 atom stereocenters. The second-order valence-corrected chi connectivity index (χ2v) is 3.67. The largest absolute Gasteiger partial charge is 0.347 e. The average molecular weight is 184 g/mol. The molecule has 3 heterocycles. The number of rotatable bonds is 0. The van der Waals surface area contributed by atoms with Crippen LogP contribution in [0.3, 0.4) is 0 Å². The van der Waals surface area contributed by atoms with E-state index in [-0.39, 0.29) is 12.2 Å². The Hall–Kier alpha value is -0.420. The summed E-state index contributed by atoms with van der Waals surface area (Å²) in [6, 6.07) is 0. The highest BCUT2D eigenvalue weighted by molar-refractivity contribution is 5.04. The maximum Gasteiger partial charge on any atom is 0.174 e. The Morgan fingerprint density at radius 2 is 1.46 bits per heavy atom. The molecular formula is C9H12O4. The monoisotopic (exact) mass is 184 g/mol. The summed E-state index contributed by atoms with van der Waals surface area (Å²) in [5.41, 5.74) is 0. The van der Waals surface area contributed by atoms with Crippen molar-refractivity contribution < 1.29 is 19.2 Å². The highest BCUT2D eigenvalue weighted by atomic mass is 17.2. The van der Waals surface area contributed by atoms with E-state index in [0.29, 0.717) is 13.2 Å². The molecular weight excluding hydrogens is 172 g/mol. The third-order valence-corrected chi connectivity index (χ3v) is 2.68. The Kier molecular flexibility index (Phi) is 1.70. The molecule has 0 radical (unpaired) electrons. The van der Waals surface area contributed by atoms with Crippen molar-refractivity contribution in [1.29, 1.82) is 0 Å². The molecule has 0 aromatic rings. The minimum atomic E-state index is -0.449. The quantitative estimate of drug-likeness (QED) is 0.412. The van der Waals surface area contributed by atoms with Crippen LogP contribution in [0.2, 0.25) is 0 Å². The first-order valence-electron chi connectivity index (χ1n) is 4.65. The lowest BCUT2D eigenvalue weighted by molar-refractivity contribution is -0.332. The molecule has 0 aromatic carbocycles. The SMILES string of the molecule is C1=C[C@H]2CC3(C[C@@H]1OO2)OCCO3. The Morgan fingerprint density at radius 3 is 1.92 bits per heavy atom. The van der Waals surface area contributed by atoms with E-state index in [1.807, 2.05) is 12.2 Å². The summed E-state index contributed by atoms with van der Waals surface area (Å²) in [6.07, 6.45) is 5.48. The number of hydrogen-bond acceptors (Lipinski definition) is 4. The molecule has 4 aliphatic rings. The molecule has 2 saturated heterocycles. The van der Waals surface area contributed by atoms with E-state index in [4.69, 9.17) is 19.2 Å². The highest BCUT2D eigenvalue weighted by Gasteiger charge is 2.45. The van der Waals surface area contributed by atoms with Gasteiger partial charge in [0.25, 0.3) is 0 Å². The summed E-state index contributed by atoms with van der Waals surface area (Å²) in [7, 11) is 0. The first-order valence-corrected chi connectivity index (χ1v) is 4.65. The van der Waals surface area contributed by atoms with E-state index >= 15 is 0 Å². The van der Waals surface area contributed by atoms with Gasteiger partial charge in [0, 0.05) is 12.8 Å². The third kappa shape index (κ3) is 1.30. The van der Waals surface area contributed by atoms with E-state index in [1.54, 1.807) is 0 Å². The predicted octanol–water partition coefficient (Wildman–Crippen LogP) is 0.778. The average Bonchev–Trinajstić information content (AvgIpc) is 2.43. The fourth-order valence-electron chi connectivity index (χ4n) is 2.09. The van der Waals surface area contributed by atoms with Gasteiger partial charge in [-0.3, -0.25) is 0 Å². The summed E-state index contributed by atoms with van der Waals surface area (Å²) in [5, 5.41) is 0. The number of hydrogen-bond donors (Lipinski definition) is 0. The van der Waals surface area contributed by atoms with Gasteiger partial charge >= 0.3 is 0 Å². The molecule has 4 nitrogen and oxygen atoms in total. The van der Waals surface area contributed by atoms with Crippen LogP contribution in [0.4, 0.5) is 0 Å². The summed E-state index contributed by atoms with van der Waals surface area (Å²) in [4.78, 5) is 10.3. The minimum Gasteiger partial charge on any atom is -0.347 e. The third-order valence-electron chi connectivity index (χ3n) is 2.68. The van der Waals surface area contributed by atoms with Crippen molar-refractivity contribution >= 4 is 0 Å². The zero-order chi connectivity index (χ0) is 8.73. The van der Waals surface area contributed by atoms with Crippen molar-refractivity contribution in [3.8, 4) is 0 Å². The fourth-order valence-corrected chi connectivity index (χ4v) is 2.09. The molecule has 72 valence electrons. The van der Waals surface area contributed by atoms with Crippen LogP contribution in [0, 0.1) is 0 Å². The molecule has 3 aliphatic heterocycles.